The van der Waals surface area contributed by atoms with Crippen LogP contribution >= 0.6 is 0 Å². The Morgan fingerprint density at radius 1 is 1.04 bits per heavy atom. The average molecular weight is 380 g/mol. The fourth-order valence-corrected chi connectivity index (χ4v) is 2.43. The lowest BCUT2D eigenvalue weighted by Crippen LogP contribution is -2.34. The van der Waals surface area contributed by atoms with E-state index in [1.54, 1.807) is 24.3 Å². The minimum atomic E-state index is -0.499. The molecule has 0 unspecified atom stereocenters. The van der Waals surface area contributed by atoms with Crippen molar-refractivity contribution in [3.05, 3.63) is 65.5 Å². The minimum Gasteiger partial charge on any atom is -0.497 e. The third-order valence-corrected chi connectivity index (χ3v) is 3.96. The molecule has 0 aliphatic carbocycles. The third-order valence-electron chi connectivity index (χ3n) is 3.96. The molecule has 144 valence electrons. The number of methoxy groups -OCH3 is 1. The van der Waals surface area contributed by atoms with Crippen LogP contribution in [0.5, 0.6) is 5.75 Å². The van der Waals surface area contributed by atoms with Gasteiger partial charge in [0.05, 0.1) is 7.11 Å². The van der Waals surface area contributed by atoms with Crippen LogP contribution < -0.4 is 15.4 Å². The number of nitrogens with one attached hydrogen (secondary N) is 2. The second-order valence-electron chi connectivity index (χ2n) is 6.03. The van der Waals surface area contributed by atoms with E-state index in [2.05, 4.69) is 20.8 Å². The van der Waals surface area contributed by atoms with E-state index in [-0.39, 0.29) is 24.9 Å². The van der Waals surface area contributed by atoms with Crippen molar-refractivity contribution in [1.82, 2.24) is 20.8 Å². The van der Waals surface area contributed by atoms with E-state index in [4.69, 9.17) is 9.26 Å². The summed E-state index contributed by atoms with van der Waals surface area (Å²) in [5, 5.41) is 9.17. The monoisotopic (exact) mass is 380 g/mol. The van der Waals surface area contributed by atoms with Crippen LogP contribution in [0.3, 0.4) is 0 Å². The molecule has 2 N–H and O–H groups in total. The summed E-state index contributed by atoms with van der Waals surface area (Å²) in [5.41, 5.74) is 2.35. The summed E-state index contributed by atoms with van der Waals surface area (Å²) in [7, 11) is 1.54. The Bertz CT molecular complexity index is 966. The lowest BCUT2D eigenvalue weighted by Gasteiger charge is -2.07. The van der Waals surface area contributed by atoms with Crippen LogP contribution in [-0.2, 0) is 0 Å². The van der Waals surface area contributed by atoms with Crippen molar-refractivity contribution in [3.8, 4) is 17.1 Å². The molecular weight excluding hydrogens is 360 g/mol. The SMILES string of the molecule is COc1cccc(C(=O)NCCNC(=O)c2nc(-c3ccc(C)cc3)no2)c1. The van der Waals surface area contributed by atoms with Crippen LogP contribution in [0.1, 0.15) is 26.6 Å². The second-order valence-corrected chi connectivity index (χ2v) is 6.03. The fraction of sp³-hybridized carbons (Fsp3) is 0.200. The Morgan fingerprint density at radius 3 is 2.46 bits per heavy atom. The highest BCUT2D eigenvalue weighted by Crippen LogP contribution is 2.16. The van der Waals surface area contributed by atoms with E-state index < -0.39 is 5.91 Å². The van der Waals surface area contributed by atoms with Gasteiger partial charge in [-0.3, -0.25) is 9.59 Å². The smallest absolute Gasteiger partial charge is 0.316 e. The summed E-state index contributed by atoms with van der Waals surface area (Å²) in [5.74, 6) is 0.0574. The number of amides is 2. The molecule has 0 aliphatic heterocycles. The molecule has 8 nitrogen and oxygen atoms in total. The van der Waals surface area contributed by atoms with Crippen molar-refractivity contribution in [2.24, 2.45) is 0 Å². The number of ether oxygens (including phenoxy) is 1. The van der Waals surface area contributed by atoms with Crippen molar-refractivity contribution in [1.29, 1.82) is 0 Å². The molecule has 0 atom stereocenters. The van der Waals surface area contributed by atoms with Gasteiger partial charge in [0.2, 0.25) is 5.82 Å². The fourth-order valence-electron chi connectivity index (χ4n) is 2.43. The van der Waals surface area contributed by atoms with Gasteiger partial charge < -0.3 is 19.9 Å². The molecule has 2 amide bonds. The van der Waals surface area contributed by atoms with Gasteiger partial charge in [-0.15, -0.1) is 0 Å². The first-order valence-corrected chi connectivity index (χ1v) is 8.68. The lowest BCUT2D eigenvalue weighted by molar-refractivity contribution is 0.0898. The van der Waals surface area contributed by atoms with Crippen molar-refractivity contribution in [2.75, 3.05) is 20.2 Å². The van der Waals surface area contributed by atoms with E-state index >= 15 is 0 Å². The largest absolute Gasteiger partial charge is 0.497 e. The number of aromatic nitrogens is 2. The molecule has 1 heterocycles. The summed E-state index contributed by atoms with van der Waals surface area (Å²) in [6.07, 6.45) is 0. The zero-order valence-corrected chi connectivity index (χ0v) is 15.6. The maximum absolute atomic E-state index is 12.1. The molecule has 0 spiro atoms. The number of aryl methyl sites for hydroxylation is 1. The molecule has 2 aromatic carbocycles. The Hall–Kier alpha value is -3.68. The first-order chi connectivity index (χ1) is 13.6. The molecule has 3 rings (SSSR count). The van der Waals surface area contributed by atoms with Gasteiger partial charge in [0.25, 0.3) is 5.91 Å². The quantitative estimate of drug-likeness (QED) is 0.609. The van der Waals surface area contributed by atoms with Gasteiger partial charge in [-0.2, -0.15) is 4.98 Å². The highest BCUT2D eigenvalue weighted by atomic mass is 16.5. The summed E-state index contributed by atoms with van der Waals surface area (Å²) in [4.78, 5) is 28.3. The maximum atomic E-state index is 12.1. The number of carbonyl (C=O) groups is 2. The van der Waals surface area contributed by atoms with Crippen LogP contribution in [0.15, 0.2) is 53.1 Å². The van der Waals surface area contributed by atoms with Crippen molar-refractivity contribution >= 4 is 11.8 Å². The van der Waals surface area contributed by atoms with Gasteiger partial charge >= 0.3 is 11.8 Å². The van der Waals surface area contributed by atoms with Gasteiger partial charge in [0, 0.05) is 24.2 Å². The number of rotatable bonds is 7. The van der Waals surface area contributed by atoms with E-state index in [1.165, 1.54) is 7.11 Å². The normalized spacial score (nSPS) is 10.4. The van der Waals surface area contributed by atoms with E-state index in [1.807, 2.05) is 31.2 Å². The summed E-state index contributed by atoms with van der Waals surface area (Å²) in [6, 6.07) is 14.4. The van der Waals surface area contributed by atoms with Crippen LogP contribution in [0.2, 0.25) is 0 Å². The second kappa shape index (κ2) is 8.81. The molecule has 3 aromatic rings. The molecule has 8 heteroatoms. The zero-order chi connectivity index (χ0) is 19.9. The van der Waals surface area contributed by atoms with Crippen LogP contribution in [0, 0.1) is 6.92 Å². The first-order valence-electron chi connectivity index (χ1n) is 8.68. The topological polar surface area (TPSA) is 106 Å². The van der Waals surface area contributed by atoms with Gasteiger partial charge in [-0.05, 0) is 25.1 Å². The third kappa shape index (κ3) is 4.73. The Balaban J connectivity index is 1.48. The van der Waals surface area contributed by atoms with Crippen molar-refractivity contribution < 1.29 is 18.8 Å². The lowest BCUT2D eigenvalue weighted by atomic mass is 10.1. The van der Waals surface area contributed by atoms with Gasteiger partial charge in [0.15, 0.2) is 0 Å². The number of carbonyl (C=O) groups excluding carboxylic acids is 2. The van der Waals surface area contributed by atoms with Gasteiger partial charge in [-0.25, -0.2) is 0 Å². The highest BCUT2D eigenvalue weighted by molar-refractivity contribution is 5.94. The molecule has 0 saturated carbocycles. The van der Waals surface area contributed by atoms with Gasteiger partial charge in [0.1, 0.15) is 5.75 Å². The van der Waals surface area contributed by atoms with Gasteiger partial charge in [-0.1, -0.05) is 41.1 Å². The average Bonchev–Trinajstić information content (AvgIpc) is 3.22. The maximum Gasteiger partial charge on any atom is 0.316 e. The number of benzene rings is 2. The van der Waals surface area contributed by atoms with Crippen LogP contribution in [0.25, 0.3) is 11.4 Å². The standard InChI is InChI=1S/C20H20N4O4/c1-13-6-8-14(9-7-13)17-23-20(28-24-17)19(26)22-11-10-21-18(25)15-4-3-5-16(12-15)27-2/h3-9,12H,10-11H2,1-2H3,(H,21,25)(H,22,26). The van der Waals surface area contributed by atoms with E-state index in [0.717, 1.165) is 11.1 Å². The Labute approximate surface area is 161 Å². The van der Waals surface area contributed by atoms with Crippen LogP contribution in [0.4, 0.5) is 0 Å². The predicted octanol–water partition coefficient (Wildman–Crippen LogP) is 2.21. The summed E-state index contributed by atoms with van der Waals surface area (Å²) in [6.45, 7) is 2.45. The Kier molecular flexibility index (Phi) is 6.01. The van der Waals surface area contributed by atoms with E-state index in [0.29, 0.717) is 17.1 Å². The highest BCUT2D eigenvalue weighted by Gasteiger charge is 2.15. The zero-order valence-electron chi connectivity index (χ0n) is 15.6. The molecular formula is C20H20N4O4. The van der Waals surface area contributed by atoms with Crippen LogP contribution in [-0.4, -0.2) is 42.2 Å². The summed E-state index contributed by atoms with van der Waals surface area (Å²) >= 11 is 0. The predicted molar refractivity (Wildman–Crippen MR) is 102 cm³/mol. The summed E-state index contributed by atoms with van der Waals surface area (Å²) < 4.78 is 10.1. The minimum absolute atomic E-state index is 0.130. The molecule has 0 bridgehead atoms. The molecule has 0 saturated heterocycles. The van der Waals surface area contributed by atoms with Crippen molar-refractivity contribution in [3.63, 3.8) is 0 Å². The molecule has 0 radical (unpaired) electrons. The molecule has 0 aliphatic rings. The molecule has 0 fully saturated rings. The number of hydrogen-bond acceptors (Lipinski definition) is 6. The molecule has 1 aromatic heterocycles. The molecule has 28 heavy (non-hydrogen) atoms. The van der Waals surface area contributed by atoms with E-state index in [9.17, 15) is 9.59 Å². The number of hydrogen-bond donors (Lipinski definition) is 2. The first kappa shape index (κ1) is 19.1. The Morgan fingerprint density at radius 2 is 1.75 bits per heavy atom. The number of nitrogens with zero attached hydrogens (tertiary/aromatic N) is 2. The van der Waals surface area contributed by atoms with Crippen molar-refractivity contribution in [2.45, 2.75) is 6.92 Å².